The van der Waals surface area contributed by atoms with Gasteiger partial charge >= 0.3 is 5.97 Å². The third-order valence-corrected chi connectivity index (χ3v) is 4.30. The molecular formula is C15H16N2O4S. The van der Waals surface area contributed by atoms with Gasteiger partial charge in [-0.3, -0.25) is 4.72 Å². The molecule has 3 N–H and O–H groups in total. The molecule has 0 aliphatic heterocycles. The zero-order valence-corrected chi connectivity index (χ0v) is 12.7. The highest BCUT2D eigenvalue weighted by Gasteiger charge is 2.18. The van der Waals surface area contributed by atoms with Crippen molar-refractivity contribution in [1.29, 1.82) is 0 Å². The predicted molar refractivity (Wildman–Crippen MR) is 84.8 cm³/mol. The van der Waals surface area contributed by atoms with Crippen molar-refractivity contribution in [2.45, 2.75) is 11.8 Å². The molecule has 0 saturated carbocycles. The van der Waals surface area contributed by atoms with E-state index in [4.69, 9.17) is 0 Å². The standard InChI is InChI=1S/C15H16N2O4S/c1-2-16-14-9-8-12(10-13(14)15(18)19)22(20,21)17-11-6-4-3-5-7-11/h3-10,16-17H,2H2,1H3,(H,18,19). The van der Waals surface area contributed by atoms with Crippen molar-refractivity contribution < 1.29 is 18.3 Å². The Morgan fingerprint density at radius 3 is 2.41 bits per heavy atom. The first-order chi connectivity index (χ1) is 10.4. The van der Waals surface area contributed by atoms with E-state index < -0.39 is 16.0 Å². The molecule has 0 fully saturated rings. The fourth-order valence-electron chi connectivity index (χ4n) is 1.93. The smallest absolute Gasteiger partial charge is 0.337 e. The molecule has 22 heavy (non-hydrogen) atoms. The van der Waals surface area contributed by atoms with E-state index in [0.29, 0.717) is 17.9 Å². The van der Waals surface area contributed by atoms with Gasteiger partial charge in [0.25, 0.3) is 10.0 Å². The molecule has 0 unspecified atom stereocenters. The summed E-state index contributed by atoms with van der Waals surface area (Å²) in [5, 5.41) is 12.1. The highest BCUT2D eigenvalue weighted by Crippen LogP contribution is 2.22. The normalized spacial score (nSPS) is 11.0. The minimum Gasteiger partial charge on any atom is -0.478 e. The van der Waals surface area contributed by atoms with E-state index in [2.05, 4.69) is 10.0 Å². The fraction of sp³-hybridized carbons (Fsp3) is 0.133. The summed E-state index contributed by atoms with van der Waals surface area (Å²) in [4.78, 5) is 11.2. The van der Waals surface area contributed by atoms with Crippen molar-refractivity contribution in [2.75, 3.05) is 16.6 Å². The van der Waals surface area contributed by atoms with Crippen LogP contribution in [0.3, 0.4) is 0 Å². The topological polar surface area (TPSA) is 95.5 Å². The maximum Gasteiger partial charge on any atom is 0.337 e. The van der Waals surface area contributed by atoms with Crippen LogP contribution in [0.1, 0.15) is 17.3 Å². The Hall–Kier alpha value is -2.54. The Morgan fingerprint density at radius 1 is 1.14 bits per heavy atom. The molecule has 0 aliphatic rings. The van der Waals surface area contributed by atoms with E-state index in [1.165, 1.54) is 12.1 Å². The van der Waals surface area contributed by atoms with E-state index in [0.717, 1.165) is 6.07 Å². The van der Waals surface area contributed by atoms with E-state index in [1.54, 1.807) is 30.3 Å². The number of sulfonamides is 1. The number of aromatic carboxylic acids is 1. The number of carboxylic acid groups (broad SMARTS) is 1. The van der Waals surface area contributed by atoms with Crippen LogP contribution in [-0.4, -0.2) is 26.0 Å². The lowest BCUT2D eigenvalue weighted by Gasteiger charge is -2.11. The van der Waals surface area contributed by atoms with Crippen LogP contribution in [0.4, 0.5) is 11.4 Å². The number of rotatable bonds is 6. The van der Waals surface area contributed by atoms with Crippen LogP contribution < -0.4 is 10.0 Å². The molecule has 2 rings (SSSR count). The summed E-state index contributed by atoms with van der Waals surface area (Å²) in [6.45, 7) is 2.36. The molecule has 0 radical (unpaired) electrons. The molecule has 2 aromatic rings. The lowest BCUT2D eigenvalue weighted by atomic mass is 10.2. The summed E-state index contributed by atoms with van der Waals surface area (Å²) in [6, 6.07) is 12.4. The van der Waals surface area contributed by atoms with E-state index in [-0.39, 0.29) is 10.5 Å². The zero-order chi connectivity index (χ0) is 16.2. The van der Waals surface area contributed by atoms with Crippen molar-refractivity contribution in [2.24, 2.45) is 0 Å². The third kappa shape index (κ3) is 3.56. The van der Waals surface area contributed by atoms with Crippen molar-refractivity contribution in [3.8, 4) is 0 Å². The van der Waals surface area contributed by atoms with Crippen LogP contribution in [0.2, 0.25) is 0 Å². The van der Waals surface area contributed by atoms with Gasteiger partial charge < -0.3 is 10.4 Å². The Kier molecular flexibility index (Phi) is 4.67. The van der Waals surface area contributed by atoms with Gasteiger partial charge in [0.05, 0.1) is 10.5 Å². The number of anilines is 2. The maximum absolute atomic E-state index is 12.3. The summed E-state index contributed by atoms with van der Waals surface area (Å²) in [5.74, 6) is -1.19. The molecule has 6 nitrogen and oxygen atoms in total. The second kappa shape index (κ2) is 6.48. The number of benzene rings is 2. The van der Waals surface area contributed by atoms with Gasteiger partial charge in [0.1, 0.15) is 0 Å². The minimum atomic E-state index is -3.84. The SMILES string of the molecule is CCNc1ccc(S(=O)(=O)Nc2ccccc2)cc1C(=O)O. The first-order valence-corrected chi connectivity index (χ1v) is 8.11. The van der Waals surface area contributed by atoms with Gasteiger partial charge in [0, 0.05) is 17.9 Å². The zero-order valence-electron chi connectivity index (χ0n) is 11.9. The van der Waals surface area contributed by atoms with Crippen LogP contribution in [0, 0.1) is 0 Å². The first kappa shape index (κ1) is 15.8. The molecule has 0 heterocycles. The van der Waals surface area contributed by atoms with Crippen molar-refractivity contribution in [3.63, 3.8) is 0 Å². The van der Waals surface area contributed by atoms with Crippen molar-refractivity contribution in [1.82, 2.24) is 0 Å². The van der Waals surface area contributed by atoms with Gasteiger partial charge in [-0.15, -0.1) is 0 Å². The molecule has 7 heteroatoms. The van der Waals surface area contributed by atoms with Gasteiger partial charge in [-0.2, -0.15) is 0 Å². The number of carboxylic acids is 1. The lowest BCUT2D eigenvalue weighted by molar-refractivity contribution is 0.0697. The van der Waals surface area contributed by atoms with Gasteiger partial charge in [0.15, 0.2) is 0 Å². The van der Waals surface area contributed by atoms with Gasteiger partial charge in [-0.1, -0.05) is 18.2 Å². The average Bonchev–Trinajstić information content (AvgIpc) is 2.48. The molecular weight excluding hydrogens is 304 g/mol. The quantitative estimate of drug-likeness (QED) is 0.760. The maximum atomic E-state index is 12.3. The molecule has 0 aliphatic carbocycles. The Morgan fingerprint density at radius 2 is 1.82 bits per heavy atom. The molecule has 0 spiro atoms. The van der Waals surface area contributed by atoms with Gasteiger partial charge in [0.2, 0.25) is 0 Å². The fourth-order valence-corrected chi connectivity index (χ4v) is 3.02. The number of para-hydroxylation sites is 1. The first-order valence-electron chi connectivity index (χ1n) is 6.63. The number of hydrogen-bond donors (Lipinski definition) is 3. The monoisotopic (exact) mass is 320 g/mol. The number of hydrogen-bond acceptors (Lipinski definition) is 4. The van der Waals surface area contributed by atoms with Crippen LogP contribution in [0.5, 0.6) is 0 Å². The minimum absolute atomic E-state index is 0.0854. The summed E-state index contributed by atoms with van der Waals surface area (Å²) in [6.07, 6.45) is 0. The van der Waals surface area contributed by atoms with E-state index in [1.807, 2.05) is 6.92 Å². The van der Waals surface area contributed by atoms with E-state index >= 15 is 0 Å². The Balaban J connectivity index is 2.39. The van der Waals surface area contributed by atoms with Crippen LogP contribution >= 0.6 is 0 Å². The largest absolute Gasteiger partial charge is 0.478 e. The number of carbonyl (C=O) groups is 1. The molecule has 116 valence electrons. The van der Waals surface area contributed by atoms with Crippen LogP contribution in [0.25, 0.3) is 0 Å². The lowest BCUT2D eigenvalue weighted by Crippen LogP contribution is -2.14. The predicted octanol–water partition coefficient (Wildman–Crippen LogP) is 2.62. The molecule has 2 aromatic carbocycles. The average molecular weight is 320 g/mol. The van der Waals surface area contributed by atoms with Gasteiger partial charge in [-0.25, -0.2) is 13.2 Å². The Labute approximate surface area is 128 Å². The second-order valence-corrected chi connectivity index (χ2v) is 6.20. The van der Waals surface area contributed by atoms with E-state index in [9.17, 15) is 18.3 Å². The summed E-state index contributed by atoms with van der Waals surface area (Å²) in [7, 11) is -3.84. The highest BCUT2D eigenvalue weighted by molar-refractivity contribution is 7.92. The molecule has 0 bridgehead atoms. The highest BCUT2D eigenvalue weighted by atomic mass is 32.2. The molecule has 0 amide bonds. The summed E-state index contributed by atoms with van der Waals surface area (Å²) in [5.41, 5.74) is 0.710. The summed E-state index contributed by atoms with van der Waals surface area (Å²) < 4.78 is 27.1. The Bertz CT molecular complexity index is 773. The van der Waals surface area contributed by atoms with Crippen molar-refractivity contribution in [3.05, 3.63) is 54.1 Å². The summed E-state index contributed by atoms with van der Waals surface area (Å²) >= 11 is 0. The molecule has 0 aromatic heterocycles. The molecule has 0 atom stereocenters. The second-order valence-electron chi connectivity index (χ2n) is 4.51. The van der Waals surface area contributed by atoms with Gasteiger partial charge in [-0.05, 0) is 37.3 Å². The van der Waals surface area contributed by atoms with Crippen LogP contribution in [0.15, 0.2) is 53.4 Å². The van der Waals surface area contributed by atoms with Crippen molar-refractivity contribution >= 4 is 27.4 Å². The number of nitrogens with one attached hydrogen (secondary N) is 2. The molecule has 0 saturated heterocycles. The van der Waals surface area contributed by atoms with Crippen LogP contribution in [-0.2, 0) is 10.0 Å². The third-order valence-electron chi connectivity index (χ3n) is 2.92.